The van der Waals surface area contributed by atoms with Crippen molar-refractivity contribution in [3.05, 3.63) is 35.9 Å². The lowest BCUT2D eigenvalue weighted by Crippen LogP contribution is -2.64. The van der Waals surface area contributed by atoms with Gasteiger partial charge < -0.3 is 5.11 Å². The number of hydrazone groups is 1. The molecule has 0 saturated carbocycles. The molecule has 0 radical (unpaired) electrons. The Bertz CT molecular complexity index is 630. The van der Waals surface area contributed by atoms with Crippen molar-refractivity contribution >= 4 is 11.6 Å². The highest BCUT2D eigenvalue weighted by Gasteiger charge is 2.74. The highest BCUT2D eigenvalue weighted by molar-refractivity contribution is 5.89. The van der Waals surface area contributed by atoms with Crippen LogP contribution in [0.2, 0.25) is 0 Å². The summed E-state index contributed by atoms with van der Waals surface area (Å²) >= 11 is 0. The molecule has 23 heavy (non-hydrogen) atoms. The van der Waals surface area contributed by atoms with Crippen molar-refractivity contribution < 1.29 is 31.9 Å². The summed E-state index contributed by atoms with van der Waals surface area (Å²) in [6.45, 7) is 1.16. The summed E-state index contributed by atoms with van der Waals surface area (Å²) in [7, 11) is 0. The Morgan fingerprint density at radius 1 is 1.26 bits per heavy atom. The van der Waals surface area contributed by atoms with Gasteiger partial charge in [0, 0.05) is 12.1 Å². The molecule has 0 unspecified atom stereocenters. The minimum absolute atomic E-state index is 0.150. The van der Waals surface area contributed by atoms with Gasteiger partial charge >= 0.3 is 12.1 Å². The van der Waals surface area contributed by atoms with Gasteiger partial charge in [-0.05, 0) is 12.5 Å². The number of rotatable bonds is 3. The third kappa shape index (κ3) is 2.92. The molecule has 1 aliphatic rings. The summed E-state index contributed by atoms with van der Waals surface area (Å²) in [5, 5.41) is 13.2. The van der Waals surface area contributed by atoms with Crippen molar-refractivity contribution in [3.63, 3.8) is 0 Å². The van der Waals surface area contributed by atoms with Crippen LogP contribution < -0.4 is 0 Å². The first-order valence-electron chi connectivity index (χ1n) is 6.57. The van der Waals surface area contributed by atoms with Gasteiger partial charge in [0.1, 0.15) is 0 Å². The molecule has 4 nitrogen and oxygen atoms in total. The molecule has 0 aliphatic carbocycles. The second-order valence-electron chi connectivity index (χ2n) is 5.27. The Kier molecular flexibility index (Phi) is 4.18. The number of benzene rings is 1. The first kappa shape index (κ1) is 17.3. The standard InChI is InChI=1S/C14H13F5N2O2/c1-9-8-12(23,13(15,16)14(17,18)19)21(20-9)11(22)7-10-5-3-2-4-6-10/h2-6,23H,7-8H2,1H3/t12-/m0/s1. The van der Waals surface area contributed by atoms with Crippen molar-refractivity contribution in [2.45, 2.75) is 37.6 Å². The van der Waals surface area contributed by atoms with Gasteiger partial charge in [-0.15, -0.1) is 0 Å². The van der Waals surface area contributed by atoms with Crippen LogP contribution in [0.3, 0.4) is 0 Å². The fraction of sp³-hybridized carbons (Fsp3) is 0.429. The quantitative estimate of drug-likeness (QED) is 0.863. The van der Waals surface area contributed by atoms with E-state index in [-0.39, 0.29) is 10.7 Å². The molecule has 0 spiro atoms. The predicted octanol–water partition coefficient (Wildman–Crippen LogP) is 2.72. The molecule has 0 aromatic heterocycles. The van der Waals surface area contributed by atoms with Crippen molar-refractivity contribution in [3.8, 4) is 0 Å². The molecule has 1 N–H and O–H groups in total. The fourth-order valence-corrected chi connectivity index (χ4v) is 2.30. The third-order valence-electron chi connectivity index (χ3n) is 3.42. The predicted molar refractivity (Wildman–Crippen MR) is 70.7 cm³/mol. The van der Waals surface area contributed by atoms with Crippen LogP contribution in [0.1, 0.15) is 18.9 Å². The summed E-state index contributed by atoms with van der Waals surface area (Å²) in [5.41, 5.74) is -3.56. The maximum atomic E-state index is 13.7. The van der Waals surface area contributed by atoms with E-state index in [1.54, 1.807) is 18.2 Å². The van der Waals surface area contributed by atoms with Gasteiger partial charge in [0.2, 0.25) is 11.6 Å². The summed E-state index contributed by atoms with van der Waals surface area (Å²) in [6.07, 6.45) is -7.57. The largest absolute Gasteiger partial charge is 0.458 e. The minimum Gasteiger partial charge on any atom is -0.364 e. The number of aliphatic hydroxyl groups is 1. The molecule has 1 aromatic rings. The van der Waals surface area contributed by atoms with Gasteiger partial charge in [-0.2, -0.15) is 32.1 Å². The Hall–Kier alpha value is -2.03. The minimum atomic E-state index is -6.02. The number of carbonyl (C=O) groups excluding carboxylic acids is 1. The Balaban J connectivity index is 2.33. The normalized spacial score (nSPS) is 22.2. The monoisotopic (exact) mass is 336 g/mol. The van der Waals surface area contributed by atoms with Gasteiger partial charge in [0.15, 0.2) is 0 Å². The number of nitrogens with zero attached hydrogens (tertiary/aromatic N) is 2. The van der Waals surface area contributed by atoms with E-state index in [2.05, 4.69) is 5.10 Å². The summed E-state index contributed by atoms with van der Waals surface area (Å²) in [5.74, 6) is -6.67. The smallest absolute Gasteiger partial charge is 0.364 e. The zero-order valence-electron chi connectivity index (χ0n) is 11.9. The van der Waals surface area contributed by atoms with Gasteiger partial charge in [-0.3, -0.25) is 4.79 Å². The zero-order valence-corrected chi connectivity index (χ0v) is 11.9. The molecular formula is C14H13F5N2O2. The maximum Gasteiger partial charge on any atom is 0.458 e. The van der Waals surface area contributed by atoms with Crippen molar-refractivity contribution in [2.75, 3.05) is 0 Å². The number of hydrogen-bond acceptors (Lipinski definition) is 3. The fourth-order valence-electron chi connectivity index (χ4n) is 2.30. The van der Waals surface area contributed by atoms with Crippen LogP contribution in [0, 0.1) is 0 Å². The lowest BCUT2D eigenvalue weighted by atomic mass is 9.98. The Labute approximate surface area is 128 Å². The molecule has 0 bridgehead atoms. The summed E-state index contributed by atoms with van der Waals surface area (Å²) in [4.78, 5) is 12.1. The zero-order chi connectivity index (χ0) is 17.5. The molecule has 1 amide bonds. The number of carbonyl (C=O) groups is 1. The molecule has 9 heteroatoms. The first-order valence-corrected chi connectivity index (χ1v) is 6.57. The molecule has 1 aliphatic heterocycles. The van der Waals surface area contributed by atoms with E-state index in [1.807, 2.05) is 0 Å². The summed E-state index contributed by atoms with van der Waals surface area (Å²) < 4.78 is 65.3. The van der Waals surface area contributed by atoms with Crippen molar-refractivity contribution in [1.29, 1.82) is 0 Å². The molecular weight excluding hydrogens is 323 g/mol. The second kappa shape index (κ2) is 5.55. The number of halogens is 5. The van der Waals surface area contributed by atoms with E-state index in [0.29, 0.717) is 5.56 Å². The lowest BCUT2D eigenvalue weighted by Gasteiger charge is -2.38. The molecule has 1 heterocycles. The third-order valence-corrected chi connectivity index (χ3v) is 3.42. The van der Waals surface area contributed by atoms with Crippen LogP contribution >= 0.6 is 0 Å². The van der Waals surface area contributed by atoms with Crippen LogP contribution in [-0.4, -0.2) is 39.6 Å². The van der Waals surface area contributed by atoms with Crippen molar-refractivity contribution in [1.82, 2.24) is 5.01 Å². The van der Waals surface area contributed by atoms with Crippen molar-refractivity contribution in [2.24, 2.45) is 5.10 Å². The van der Waals surface area contributed by atoms with Gasteiger partial charge in [-0.25, -0.2) is 0 Å². The van der Waals surface area contributed by atoms with Gasteiger partial charge in [-0.1, -0.05) is 30.3 Å². The molecule has 2 rings (SSSR count). The van der Waals surface area contributed by atoms with Crippen LogP contribution in [0.25, 0.3) is 0 Å². The van der Waals surface area contributed by atoms with Gasteiger partial charge in [0.25, 0.3) is 0 Å². The van der Waals surface area contributed by atoms with E-state index in [9.17, 15) is 31.9 Å². The van der Waals surface area contributed by atoms with Crippen LogP contribution in [0.4, 0.5) is 22.0 Å². The second-order valence-corrected chi connectivity index (χ2v) is 5.27. The molecule has 0 fully saturated rings. The number of hydrogen-bond donors (Lipinski definition) is 1. The Morgan fingerprint density at radius 3 is 2.35 bits per heavy atom. The van der Waals surface area contributed by atoms with Crippen LogP contribution in [0.5, 0.6) is 0 Å². The SMILES string of the molecule is CC1=NN(C(=O)Cc2ccccc2)[C@@](O)(C(F)(F)C(F)(F)F)C1. The van der Waals surface area contributed by atoms with Crippen LogP contribution in [-0.2, 0) is 11.2 Å². The van der Waals surface area contributed by atoms with E-state index < -0.39 is 36.6 Å². The molecule has 1 aromatic carbocycles. The first-order chi connectivity index (χ1) is 10.5. The highest BCUT2D eigenvalue weighted by atomic mass is 19.4. The topological polar surface area (TPSA) is 52.9 Å². The van der Waals surface area contributed by atoms with E-state index >= 15 is 0 Å². The summed E-state index contributed by atoms with van der Waals surface area (Å²) in [6, 6.07) is 7.83. The Morgan fingerprint density at radius 2 is 1.83 bits per heavy atom. The van der Waals surface area contributed by atoms with E-state index in [0.717, 1.165) is 6.92 Å². The van der Waals surface area contributed by atoms with Crippen LogP contribution in [0.15, 0.2) is 35.4 Å². The maximum absolute atomic E-state index is 13.7. The van der Waals surface area contributed by atoms with Gasteiger partial charge in [0.05, 0.1) is 6.42 Å². The van der Waals surface area contributed by atoms with E-state index in [4.69, 9.17) is 0 Å². The number of amides is 1. The lowest BCUT2D eigenvalue weighted by molar-refractivity contribution is -0.363. The highest BCUT2D eigenvalue weighted by Crippen LogP contribution is 2.48. The number of alkyl halides is 5. The average Bonchev–Trinajstić information content (AvgIpc) is 2.75. The molecule has 0 saturated heterocycles. The molecule has 126 valence electrons. The molecule has 1 atom stereocenters. The average molecular weight is 336 g/mol. The van der Waals surface area contributed by atoms with E-state index in [1.165, 1.54) is 12.1 Å².